The standard InChI is InChI=1S/C12H16N2O4S/c1-5-18-11(16)8-6(2)9(7(3)15)19-10(8)14-12(17)13-4/h5H2,1-4H3,(H2,13,14,17). The average molecular weight is 284 g/mol. The molecule has 0 bridgehead atoms. The van der Waals surface area contributed by atoms with Crippen molar-refractivity contribution in [1.29, 1.82) is 0 Å². The first-order valence-corrected chi connectivity index (χ1v) is 6.54. The highest BCUT2D eigenvalue weighted by Crippen LogP contribution is 2.33. The number of thiophene rings is 1. The molecule has 6 nitrogen and oxygen atoms in total. The predicted molar refractivity (Wildman–Crippen MR) is 73.1 cm³/mol. The number of nitrogens with one attached hydrogen (secondary N) is 2. The van der Waals surface area contributed by atoms with Crippen molar-refractivity contribution in [1.82, 2.24) is 5.32 Å². The summed E-state index contributed by atoms with van der Waals surface area (Å²) in [6.07, 6.45) is 0. The number of carbonyl (C=O) groups excluding carboxylic acids is 3. The van der Waals surface area contributed by atoms with Crippen LogP contribution in [-0.2, 0) is 4.74 Å². The second kappa shape index (κ2) is 6.33. The summed E-state index contributed by atoms with van der Waals surface area (Å²) in [4.78, 5) is 35.2. The van der Waals surface area contributed by atoms with Crippen LogP contribution in [0.15, 0.2) is 0 Å². The number of hydrogen-bond acceptors (Lipinski definition) is 5. The summed E-state index contributed by atoms with van der Waals surface area (Å²) < 4.78 is 4.94. The van der Waals surface area contributed by atoms with Crippen LogP contribution in [-0.4, -0.2) is 31.4 Å². The maximum atomic E-state index is 11.9. The van der Waals surface area contributed by atoms with Gasteiger partial charge < -0.3 is 10.1 Å². The molecule has 0 radical (unpaired) electrons. The summed E-state index contributed by atoms with van der Waals surface area (Å²) in [5, 5.41) is 5.24. The number of ketones is 1. The van der Waals surface area contributed by atoms with Crippen molar-refractivity contribution < 1.29 is 19.1 Å². The molecule has 1 aromatic heterocycles. The van der Waals surface area contributed by atoms with Gasteiger partial charge in [-0.3, -0.25) is 10.1 Å². The van der Waals surface area contributed by atoms with Crippen molar-refractivity contribution in [2.24, 2.45) is 0 Å². The summed E-state index contributed by atoms with van der Waals surface area (Å²) in [5.41, 5.74) is 0.767. The first-order valence-electron chi connectivity index (χ1n) is 5.72. The summed E-state index contributed by atoms with van der Waals surface area (Å²) in [7, 11) is 1.46. The zero-order valence-corrected chi connectivity index (χ0v) is 12.1. The summed E-state index contributed by atoms with van der Waals surface area (Å²) in [5.74, 6) is -0.701. The molecule has 0 fully saturated rings. The van der Waals surface area contributed by atoms with Crippen molar-refractivity contribution in [3.8, 4) is 0 Å². The zero-order valence-electron chi connectivity index (χ0n) is 11.2. The molecule has 0 aromatic carbocycles. The van der Waals surface area contributed by atoms with Gasteiger partial charge in [0.05, 0.1) is 17.0 Å². The average Bonchev–Trinajstić information content (AvgIpc) is 2.66. The second-order valence-corrected chi connectivity index (χ2v) is 4.76. The molecule has 7 heteroatoms. The van der Waals surface area contributed by atoms with Crippen LogP contribution in [0.4, 0.5) is 9.80 Å². The molecule has 104 valence electrons. The Hall–Kier alpha value is -1.89. The molecule has 1 rings (SSSR count). The van der Waals surface area contributed by atoms with Gasteiger partial charge in [0.2, 0.25) is 0 Å². The van der Waals surface area contributed by atoms with Gasteiger partial charge in [-0.05, 0) is 26.3 Å². The van der Waals surface area contributed by atoms with Crippen LogP contribution in [0.2, 0.25) is 0 Å². The molecule has 1 heterocycles. The van der Waals surface area contributed by atoms with E-state index in [-0.39, 0.29) is 18.0 Å². The van der Waals surface area contributed by atoms with E-state index in [2.05, 4.69) is 10.6 Å². The fraction of sp³-hybridized carbons (Fsp3) is 0.417. The van der Waals surface area contributed by atoms with E-state index in [9.17, 15) is 14.4 Å². The number of Topliss-reactive ketones (excluding diaryl/α,β-unsaturated/α-hetero) is 1. The maximum absolute atomic E-state index is 11.9. The normalized spacial score (nSPS) is 9.89. The van der Waals surface area contributed by atoms with Gasteiger partial charge in [0.15, 0.2) is 5.78 Å². The minimum atomic E-state index is -0.546. The van der Waals surface area contributed by atoms with Crippen LogP contribution >= 0.6 is 11.3 Å². The van der Waals surface area contributed by atoms with E-state index >= 15 is 0 Å². The van der Waals surface area contributed by atoms with Crippen LogP contribution in [0.3, 0.4) is 0 Å². The summed E-state index contributed by atoms with van der Waals surface area (Å²) >= 11 is 1.07. The van der Waals surface area contributed by atoms with Crippen molar-refractivity contribution in [3.63, 3.8) is 0 Å². The number of hydrogen-bond donors (Lipinski definition) is 2. The lowest BCUT2D eigenvalue weighted by Crippen LogP contribution is -2.25. The Kier molecular flexibility index (Phi) is 5.05. The highest BCUT2D eigenvalue weighted by molar-refractivity contribution is 7.18. The molecule has 0 aliphatic heterocycles. The Morgan fingerprint density at radius 1 is 1.32 bits per heavy atom. The number of esters is 1. The molecule has 0 aliphatic carbocycles. The Balaban J connectivity index is 3.26. The topological polar surface area (TPSA) is 84.5 Å². The van der Waals surface area contributed by atoms with Gasteiger partial charge in [-0.1, -0.05) is 0 Å². The van der Waals surface area contributed by atoms with E-state index in [1.165, 1.54) is 14.0 Å². The van der Waals surface area contributed by atoms with E-state index in [1.54, 1.807) is 13.8 Å². The summed E-state index contributed by atoms with van der Waals surface area (Å²) in [6, 6.07) is -0.457. The molecular formula is C12H16N2O4S. The molecule has 0 unspecified atom stereocenters. The van der Waals surface area contributed by atoms with Gasteiger partial charge in [-0.15, -0.1) is 11.3 Å². The largest absolute Gasteiger partial charge is 0.462 e. The number of anilines is 1. The van der Waals surface area contributed by atoms with Crippen molar-refractivity contribution >= 4 is 34.1 Å². The fourth-order valence-corrected chi connectivity index (χ4v) is 2.64. The molecule has 1 aromatic rings. The van der Waals surface area contributed by atoms with E-state index in [0.717, 1.165) is 11.3 Å². The maximum Gasteiger partial charge on any atom is 0.341 e. The van der Waals surface area contributed by atoms with E-state index in [4.69, 9.17) is 4.74 Å². The van der Waals surface area contributed by atoms with Gasteiger partial charge in [-0.25, -0.2) is 9.59 Å². The SMILES string of the molecule is CCOC(=O)c1c(NC(=O)NC)sc(C(C)=O)c1C. The monoisotopic (exact) mass is 284 g/mol. The number of rotatable bonds is 4. The van der Waals surface area contributed by atoms with Gasteiger partial charge in [-0.2, -0.15) is 0 Å². The highest BCUT2D eigenvalue weighted by Gasteiger charge is 2.24. The van der Waals surface area contributed by atoms with E-state index in [0.29, 0.717) is 15.4 Å². The molecule has 2 amide bonds. The molecule has 0 aliphatic rings. The molecule has 19 heavy (non-hydrogen) atoms. The lowest BCUT2D eigenvalue weighted by Gasteiger charge is -2.06. The lowest BCUT2D eigenvalue weighted by atomic mass is 10.1. The first-order chi connectivity index (χ1) is 8.92. The highest BCUT2D eigenvalue weighted by atomic mass is 32.1. The van der Waals surface area contributed by atoms with Gasteiger partial charge in [0.25, 0.3) is 0 Å². The molecule has 0 saturated carbocycles. The first kappa shape index (κ1) is 15.2. The van der Waals surface area contributed by atoms with Gasteiger partial charge >= 0.3 is 12.0 Å². The molecule has 0 saturated heterocycles. The Bertz CT molecular complexity index is 522. The molecule has 2 N–H and O–H groups in total. The number of ether oxygens (including phenoxy) is 1. The number of carbonyl (C=O) groups is 3. The van der Waals surface area contributed by atoms with Crippen LogP contribution < -0.4 is 10.6 Å². The fourth-order valence-electron chi connectivity index (χ4n) is 1.55. The quantitative estimate of drug-likeness (QED) is 0.655. The smallest absolute Gasteiger partial charge is 0.341 e. The third-order valence-corrected chi connectivity index (χ3v) is 3.71. The van der Waals surface area contributed by atoms with Crippen LogP contribution in [0.5, 0.6) is 0 Å². The third kappa shape index (κ3) is 3.31. The Labute approximate surface area is 115 Å². The third-order valence-electron chi connectivity index (χ3n) is 2.40. The molecule has 0 spiro atoms. The van der Waals surface area contributed by atoms with Crippen molar-refractivity contribution in [2.75, 3.05) is 19.0 Å². The molecule has 0 atom stereocenters. The van der Waals surface area contributed by atoms with E-state index in [1.807, 2.05) is 0 Å². The Morgan fingerprint density at radius 3 is 2.42 bits per heavy atom. The van der Waals surface area contributed by atoms with Crippen LogP contribution in [0.25, 0.3) is 0 Å². The summed E-state index contributed by atoms with van der Waals surface area (Å²) in [6.45, 7) is 4.99. The van der Waals surface area contributed by atoms with Gasteiger partial charge in [0, 0.05) is 7.05 Å². The minimum absolute atomic E-state index is 0.155. The van der Waals surface area contributed by atoms with Crippen molar-refractivity contribution in [2.45, 2.75) is 20.8 Å². The minimum Gasteiger partial charge on any atom is -0.462 e. The Morgan fingerprint density at radius 2 is 1.95 bits per heavy atom. The van der Waals surface area contributed by atoms with Crippen molar-refractivity contribution in [3.05, 3.63) is 16.0 Å². The number of amides is 2. The zero-order chi connectivity index (χ0) is 14.6. The number of urea groups is 1. The van der Waals surface area contributed by atoms with Crippen LogP contribution in [0.1, 0.15) is 39.4 Å². The van der Waals surface area contributed by atoms with Gasteiger partial charge in [0.1, 0.15) is 5.00 Å². The van der Waals surface area contributed by atoms with Crippen LogP contribution in [0, 0.1) is 6.92 Å². The van der Waals surface area contributed by atoms with E-state index < -0.39 is 12.0 Å². The molecular weight excluding hydrogens is 268 g/mol. The predicted octanol–water partition coefficient (Wildman–Crippen LogP) is 2.19. The second-order valence-electron chi connectivity index (χ2n) is 3.74. The lowest BCUT2D eigenvalue weighted by molar-refractivity contribution is 0.0527.